The van der Waals surface area contributed by atoms with Crippen molar-refractivity contribution in [2.75, 3.05) is 6.61 Å². The highest BCUT2D eigenvalue weighted by molar-refractivity contribution is 5.87. The molecule has 0 amide bonds. The molecule has 0 spiro atoms. The van der Waals surface area contributed by atoms with Crippen molar-refractivity contribution in [3.8, 4) is 5.75 Å². The molecule has 0 fully saturated rings. The zero-order chi connectivity index (χ0) is 13.8. The lowest BCUT2D eigenvalue weighted by molar-refractivity contribution is 0.0696. The number of aromatic carboxylic acids is 1. The molecule has 100 valence electrons. The second kappa shape index (κ2) is 5.56. The Morgan fingerprint density at radius 2 is 2.16 bits per heavy atom. The summed E-state index contributed by atoms with van der Waals surface area (Å²) in [6.07, 6.45) is 0. The van der Waals surface area contributed by atoms with E-state index < -0.39 is 5.97 Å². The number of carboxylic acid groups (broad SMARTS) is 1. The topological polar surface area (TPSA) is 64.3 Å². The van der Waals surface area contributed by atoms with Crippen molar-refractivity contribution in [1.82, 2.24) is 9.78 Å². The molecule has 0 aliphatic carbocycles. The van der Waals surface area contributed by atoms with Crippen LogP contribution in [0, 0.1) is 13.8 Å². The minimum Gasteiger partial charge on any atom is -0.492 e. The third-order valence-corrected chi connectivity index (χ3v) is 2.76. The molecule has 1 heterocycles. The van der Waals surface area contributed by atoms with Crippen LogP contribution in [0.2, 0.25) is 0 Å². The molecule has 0 saturated carbocycles. The Bertz CT molecular complexity index is 590. The summed E-state index contributed by atoms with van der Waals surface area (Å²) in [7, 11) is 0. The van der Waals surface area contributed by atoms with Gasteiger partial charge < -0.3 is 9.84 Å². The molecule has 1 aromatic heterocycles. The van der Waals surface area contributed by atoms with E-state index in [9.17, 15) is 4.79 Å². The zero-order valence-corrected chi connectivity index (χ0v) is 11.0. The van der Waals surface area contributed by atoms with Crippen molar-refractivity contribution in [2.45, 2.75) is 20.4 Å². The summed E-state index contributed by atoms with van der Waals surface area (Å²) in [5, 5.41) is 13.2. The Labute approximate surface area is 111 Å². The monoisotopic (exact) mass is 260 g/mol. The van der Waals surface area contributed by atoms with Crippen molar-refractivity contribution >= 4 is 5.97 Å². The Kier molecular flexibility index (Phi) is 3.85. The average molecular weight is 260 g/mol. The Morgan fingerprint density at radius 3 is 2.79 bits per heavy atom. The van der Waals surface area contributed by atoms with Crippen LogP contribution in [0.3, 0.4) is 0 Å². The van der Waals surface area contributed by atoms with Crippen LogP contribution in [0.5, 0.6) is 5.75 Å². The average Bonchev–Trinajstić information content (AvgIpc) is 2.68. The number of carboxylic acids is 1. The standard InChI is InChI=1S/C14H16N2O3/c1-10-8-11(2)16(15-10)6-7-19-13-5-3-4-12(9-13)14(17)18/h3-5,8-9H,6-7H2,1-2H3,(H,17,18). The van der Waals surface area contributed by atoms with Gasteiger partial charge in [0.15, 0.2) is 0 Å². The van der Waals surface area contributed by atoms with Gasteiger partial charge in [-0.3, -0.25) is 4.68 Å². The van der Waals surface area contributed by atoms with Gasteiger partial charge in [0.1, 0.15) is 12.4 Å². The number of ether oxygens (including phenoxy) is 1. The molecule has 2 rings (SSSR count). The summed E-state index contributed by atoms with van der Waals surface area (Å²) in [5.41, 5.74) is 2.29. The molecule has 0 aliphatic rings. The van der Waals surface area contributed by atoms with Gasteiger partial charge in [-0.2, -0.15) is 5.10 Å². The first-order valence-corrected chi connectivity index (χ1v) is 6.03. The molecule has 1 aromatic carbocycles. The lowest BCUT2D eigenvalue weighted by atomic mass is 10.2. The smallest absolute Gasteiger partial charge is 0.335 e. The van der Waals surface area contributed by atoms with Crippen molar-refractivity contribution in [3.63, 3.8) is 0 Å². The summed E-state index contributed by atoms with van der Waals surface area (Å²) in [5.74, 6) is -0.398. The number of aryl methyl sites for hydroxylation is 2. The number of carbonyl (C=O) groups is 1. The molecule has 0 saturated heterocycles. The van der Waals surface area contributed by atoms with Crippen LogP contribution in [0.4, 0.5) is 0 Å². The fourth-order valence-corrected chi connectivity index (χ4v) is 1.87. The fourth-order valence-electron chi connectivity index (χ4n) is 1.87. The highest BCUT2D eigenvalue weighted by Crippen LogP contribution is 2.13. The lowest BCUT2D eigenvalue weighted by Gasteiger charge is -2.08. The number of benzene rings is 1. The Hall–Kier alpha value is -2.30. The minimum atomic E-state index is -0.955. The molecule has 19 heavy (non-hydrogen) atoms. The third-order valence-electron chi connectivity index (χ3n) is 2.76. The summed E-state index contributed by atoms with van der Waals surface area (Å²) in [6, 6.07) is 8.47. The van der Waals surface area contributed by atoms with Crippen molar-refractivity contribution < 1.29 is 14.6 Å². The molecule has 0 radical (unpaired) electrons. The van der Waals surface area contributed by atoms with Gasteiger partial charge in [0, 0.05) is 5.69 Å². The molecule has 0 aliphatic heterocycles. The van der Waals surface area contributed by atoms with Crippen LogP contribution < -0.4 is 4.74 Å². The summed E-state index contributed by atoms with van der Waals surface area (Å²) in [6.45, 7) is 5.02. The van der Waals surface area contributed by atoms with Gasteiger partial charge in [-0.15, -0.1) is 0 Å². The fraction of sp³-hybridized carbons (Fsp3) is 0.286. The summed E-state index contributed by atoms with van der Waals surface area (Å²) >= 11 is 0. The first kappa shape index (κ1) is 13.1. The molecule has 2 aromatic rings. The molecular weight excluding hydrogens is 244 g/mol. The van der Waals surface area contributed by atoms with E-state index in [-0.39, 0.29) is 5.56 Å². The lowest BCUT2D eigenvalue weighted by Crippen LogP contribution is -2.11. The summed E-state index contributed by atoms with van der Waals surface area (Å²) in [4.78, 5) is 10.8. The second-order valence-electron chi connectivity index (χ2n) is 4.33. The van der Waals surface area contributed by atoms with Gasteiger partial charge in [-0.25, -0.2) is 4.79 Å². The highest BCUT2D eigenvalue weighted by atomic mass is 16.5. The van der Waals surface area contributed by atoms with Crippen LogP contribution >= 0.6 is 0 Å². The van der Waals surface area contributed by atoms with Gasteiger partial charge >= 0.3 is 5.97 Å². The van der Waals surface area contributed by atoms with Gasteiger partial charge in [0.05, 0.1) is 17.8 Å². The number of rotatable bonds is 5. The molecular formula is C14H16N2O3. The second-order valence-corrected chi connectivity index (χ2v) is 4.33. The van der Waals surface area contributed by atoms with E-state index in [1.807, 2.05) is 24.6 Å². The minimum absolute atomic E-state index is 0.226. The van der Waals surface area contributed by atoms with Crippen molar-refractivity contribution in [1.29, 1.82) is 0 Å². The normalized spacial score (nSPS) is 10.4. The van der Waals surface area contributed by atoms with Crippen LogP contribution in [-0.2, 0) is 6.54 Å². The van der Waals surface area contributed by atoms with E-state index in [2.05, 4.69) is 5.10 Å². The van der Waals surface area contributed by atoms with Crippen LogP contribution in [-0.4, -0.2) is 27.5 Å². The first-order chi connectivity index (χ1) is 9.06. The zero-order valence-electron chi connectivity index (χ0n) is 11.0. The quantitative estimate of drug-likeness (QED) is 0.895. The highest BCUT2D eigenvalue weighted by Gasteiger charge is 2.04. The number of hydrogen-bond donors (Lipinski definition) is 1. The van der Waals surface area contributed by atoms with E-state index >= 15 is 0 Å². The predicted octanol–water partition coefficient (Wildman–Crippen LogP) is 2.28. The number of hydrogen-bond acceptors (Lipinski definition) is 3. The molecule has 0 unspecified atom stereocenters. The van der Waals surface area contributed by atoms with Gasteiger partial charge in [-0.05, 0) is 38.1 Å². The SMILES string of the molecule is Cc1cc(C)n(CCOc2cccc(C(=O)O)c2)n1. The van der Waals surface area contributed by atoms with Gasteiger partial charge in [0.25, 0.3) is 0 Å². The molecule has 1 N–H and O–H groups in total. The van der Waals surface area contributed by atoms with E-state index in [0.29, 0.717) is 18.9 Å². The maximum absolute atomic E-state index is 10.8. The van der Waals surface area contributed by atoms with Crippen LogP contribution in [0.25, 0.3) is 0 Å². The summed E-state index contributed by atoms with van der Waals surface area (Å²) < 4.78 is 7.41. The molecule has 5 heteroatoms. The number of nitrogens with zero attached hydrogens (tertiary/aromatic N) is 2. The van der Waals surface area contributed by atoms with Gasteiger partial charge in [-0.1, -0.05) is 6.07 Å². The molecule has 5 nitrogen and oxygen atoms in total. The molecule has 0 bridgehead atoms. The van der Waals surface area contributed by atoms with E-state index in [1.54, 1.807) is 12.1 Å². The van der Waals surface area contributed by atoms with Crippen LogP contribution in [0.1, 0.15) is 21.7 Å². The van der Waals surface area contributed by atoms with E-state index in [0.717, 1.165) is 11.4 Å². The Balaban J connectivity index is 1.94. The van der Waals surface area contributed by atoms with E-state index in [4.69, 9.17) is 9.84 Å². The number of aromatic nitrogens is 2. The third kappa shape index (κ3) is 3.34. The van der Waals surface area contributed by atoms with Crippen LogP contribution in [0.15, 0.2) is 30.3 Å². The largest absolute Gasteiger partial charge is 0.492 e. The predicted molar refractivity (Wildman–Crippen MR) is 70.6 cm³/mol. The first-order valence-electron chi connectivity index (χ1n) is 6.03. The van der Waals surface area contributed by atoms with Crippen molar-refractivity contribution in [2.24, 2.45) is 0 Å². The van der Waals surface area contributed by atoms with E-state index in [1.165, 1.54) is 12.1 Å². The maximum atomic E-state index is 10.8. The van der Waals surface area contributed by atoms with Crippen molar-refractivity contribution in [3.05, 3.63) is 47.3 Å². The van der Waals surface area contributed by atoms with Gasteiger partial charge in [0.2, 0.25) is 0 Å². The Morgan fingerprint density at radius 1 is 1.37 bits per heavy atom. The maximum Gasteiger partial charge on any atom is 0.335 e. The molecule has 0 atom stereocenters.